The second-order valence-electron chi connectivity index (χ2n) is 7.58. The van der Waals surface area contributed by atoms with Crippen molar-refractivity contribution in [3.8, 4) is 11.4 Å². The Morgan fingerprint density at radius 3 is 2.54 bits per heavy atom. The number of nitrogens with one attached hydrogen (secondary N) is 1. The minimum absolute atomic E-state index is 0.00378. The molecule has 2 aromatic rings. The van der Waals surface area contributed by atoms with E-state index < -0.39 is 0 Å². The molecule has 0 unspecified atom stereocenters. The summed E-state index contributed by atoms with van der Waals surface area (Å²) < 4.78 is 0. The molecular formula is C21H28N4O. The molecule has 1 fully saturated rings. The van der Waals surface area contributed by atoms with Gasteiger partial charge in [0.05, 0.1) is 0 Å². The van der Waals surface area contributed by atoms with Gasteiger partial charge in [0, 0.05) is 31.3 Å². The second kappa shape index (κ2) is 8.30. The van der Waals surface area contributed by atoms with Gasteiger partial charge in [0.2, 0.25) is 0 Å². The molecule has 0 bridgehead atoms. The Kier molecular flexibility index (Phi) is 5.86. The fraction of sp³-hybridized carbons (Fsp3) is 0.476. The van der Waals surface area contributed by atoms with E-state index in [2.05, 4.69) is 36.1 Å². The summed E-state index contributed by atoms with van der Waals surface area (Å²) in [6, 6.07) is 11.6. The number of carbonyl (C=O) groups is 1. The summed E-state index contributed by atoms with van der Waals surface area (Å²) in [5.41, 5.74) is 1.39. The molecule has 1 amide bonds. The Balaban J connectivity index is 1.90. The first kappa shape index (κ1) is 18.4. The molecule has 1 saturated heterocycles. The first-order valence-electron chi connectivity index (χ1n) is 9.50. The molecule has 5 heteroatoms. The van der Waals surface area contributed by atoms with Crippen molar-refractivity contribution in [1.29, 1.82) is 0 Å². The minimum atomic E-state index is 0.00378. The van der Waals surface area contributed by atoms with Crippen LogP contribution in [0.1, 0.15) is 44.1 Å². The normalized spacial score (nSPS) is 15.3. The summed E-state index contributed by atoms with van der Waals surface area (Å²) in [7, 11) is 0. The molecule has 138 valence electrons. The van der Waals surface area contributed by atoms with Gasteiger partial charge in [-0.2, -0.15) is 0 Å². The van der Waals surface area contributed by atoms with E-state index in [9.17, 15) is 4.79 Å². The summed E-state index contributed by atoms with van der Waals surface area (Å²) in [5.74, 6) is 2.49. The van der Waals surface area contributed by atoms with Gasteiger partial charge in [0.15, 0.2) is 5.82 Å². The average Bonchev–Trinajstić information content (AvgIpc) is 2.67. The van der Waals surface area contributed by atoms with Crippen LogP contribution in [0.5, 0.6) is 0 Å². The lowest BCUT2D eigenvalue weighted by Crippen LogP contribution is -2.38. The zero-order valence-electron chi connectivity index (χ0n) is 15.9. The van der Waals surface area contributed by atoms with E-state index in [1.165, 1.54) is 0 Å². The lowest BCUT2D eigenvalue weighted by molar-refractivity contribution is 0.0691. The number of carbonyl (C=O) groups excluding carboxylic acids is 1. The first-order valence-corrected chi connectivity index (χ1v) is 9.50. The molecule has 26 heavy (non-hydrogen) atoms. The lowest BCUT2D eigenvalue weighted by Gasteiger charge is -2.30. The van der Waals surface area contributed by atoms with Crippen LogP contribution in [0.15, 0.2) is 36.4 Å². The molecule has 2 heterocycles. The van der Waals surface area contributed by atoms with Gasteiger partial charge in [0.1, 0.15) is 11.5 Å². The maximum atomic E-state index is 13.0. The van der Waals surface area contributed by atoms with E-state index in [1.807, 2.05) is 35.2 Å². The Labute approximate surface area is 155 Å². The maximum Gasteiger partial charge on any atom is 0.272 e. The predicted octanol–water partition coefficient (Wildman–Crippen LogP) is 4.08. The van der Waals surface area contributed by atoms with Crippen molar-refractivity contribution < 1.29 is 4.79 Å². The Morgan fingerprint density at radius 1 is 1.19 bits per heavy atom. The molecular weight excluding hydrogens is 324 g/mol. The van der Waals surface area contributed by atoms with Gasteiger partial charge >= 0.3 is 0 Å². The van der Waals surface area contributed by atoms with Crippen molar-refractivity contribution in [1.82, 2.24) is 14.9 Å². The summed E-state index contributed by atoms with van der Waals surface area (Å²) in [5, 5.41) is 3.34. The third kappa shape index (κ3) is 4.59. The van der Waals surface area contributed by atoms with Gasteiger partial charge < -0.3 is 10.2 Å². The van der Waals surface area contributed by atoms with Crippen LogP contribution in [0.25, 0.3) is 11.4 Å². The fourth-order valence-corrected chi connectivity index (χ4v) is 3.05. The third-order valence-corrected chi connectivity index (χ3v) is 4.74. The topological polar surface area (TPSA) is 58.1 Å². The molecule has 1 aromatic heterocycles. The SMILES string of the molecule is CC(C)CNc1cc(C(=O)N2CCC(C)CC2)nc(-c2ccccc2)n1. The third-order valence-electron chi connectivity index (χ3n) is 4.74. The number of hydrogen-bond acceptors (Lipinski definition) is 4. The van der Waals surface area contributed by atoms with Gasteiger partial charge in [-0.25, -0.2) is 9.97 Å². The first-order chi connectivity index (χ1) is 12.5. The zero-order chi connectivity index (χ0) is 18.5. The van der Waals surface area contributed by atoms with Gasteiger partial charge in [-0.05, 0) is 24.7 Å². The Morgan fingerprint density at radius 2 is 1.88 bits per heavy atom. The van der Waals surface area contributed by atoms with Crippen molar-refractivity contribution in [2.75, 3.05) is 25.0 Å². The van der Waals surface area contributed by atoms with Gasteiger partial charge in [-0.1, -0.05) is 51.1 Å². The van der Waals surface area contributed by atoms with Gasteiger partial charge in [0.25, 0.3) is 5.91 Å². The zero-order valence-corrected chi connectivity index (χ0v) is 15.9. The lowest BCUT2D eigenvalue weighted by atomic mass is 9.99. The molecule has 0 aliphatic carbocycles. The molecule has 3 rings (SSSR count). The molecule has 0 radical (unpaired) electrons. The van der Waals surface area contributed by atoms with Crippen molar-refractivity contribution >= 4 is 11.7 Å². The van der Waals surface area contributed by atoms with Crippen molar-refractivity contribution in [2.24, 2.45) is 11.8 Å². The van der Waals surface area contributed by atoms with Crippen LogP contribution >= 0.6 is 0 Å². The molecule has 0 spiro atoms. The van der Waals surface area contributed by atoms with E-state index in [1.54, 1.807) is 6.07 Å². The van der Waals surface area contributed by atoms with E-state index >= 15 is 0 Å². The fourth-order valence-electron chi connectivity index (χ4n) is 3.05. The predicted molar refractivity (Wildman–Crippen MR) is 105 cm³/mol. The van der Waals surface area contributed by atoms with E-state index in [-0.39, 0.29) is 5.91 Å². The van der Waals surface area contributed by atoms with Crippen LogP contribution in [0, 0.1) is 11.8 Å². The highest BCUT2D eigenvalue weighted by atomic mass is 16.2. The molecule has 0 saturated carbocycles. The van der Waals surface area contributed by atoms with Crippen molar-refractivity contribution in [3.05, 3.63) is 42.1 Å². The highest BCUT2D eigenvalue weighted by Crippen LogP contribution is 2.21. The molecule has 1 aliphatic rings. The number of nitrogens with zero attached hydrogens (tertiary/aromatic N) is 3. The van der Waals surface area contributed by atoms with Crippen molar-refractivity contribution in [3.63, 3.8) is 0 Å². The van der Waals surface area contributed by atoms with Crippen LogP contribution in [-0.4, -0.2) is 40.4 Å². The molecule has 5 nitrogen and oxygen atoms in total. The number of anilines is 1. The van der Waals surface area contributed by atoms with Crippen LogP contribution < -0.4 is 5.32 Å². The molecule has 1 aromatic carbocycles. The average molecular weight is 352 g/mol. The minimum Gasteiger partial charge on any atom is -0.370 e. The summed E-state index contributed by atoms with van der Waals surface area (Å²) in [6.07, 6.45) is 2.11. The standard InChI is InChI=1S/C21H28N4O/c1-15(2)14-22-19-13-18(21(26)25-11-9-16(3)10-12-25)23-20(24-19)17-7-5-4-6-8-17/h4-8,13,15-16H,9-12,14H2,1-3H3,(H,22,23,24). The quantitative estimate of drug-likeness (QED) is 0.881. The number of benzene rings is 1. The second-order valence-corrected chi connectivity index (χ2v) is 7.58. The van der Waals surface area contributed by atoms with Crippen molar-refractivity contribution in [2.45, 2.75) is 33.6 Å². The Hall–Kier alpha value is -2.43. The number of piperidine rings is 1. The van der Waals surface area contributed by atoms with E-state index in [0.29, 0.717) is 29.2 Å². The number of likely N-dealkylation sites (tertiary alicyclic amines) is 1. The van der Waals surface area contributed by atoms with Crippen LogP contribution in [0.3, 0.4) is 0 Å². The number of amides is 1. The highest BCUT2D eigenvalue weighted by Gasteiger charge is 2.23. The number of aromatic nitrogens is 2. The van der Waals surface area contributed by atoms with Gasteiger partial charge in [-0.3, -0.25) is 4.79 Å². The highest BCUT2D eigenvalue weighted by molar-refractivity contribution is 5.93. The van der Waals surface area contributed by atoms with Gasteiger partial charge in [-0.15, -0.1) is 0 Å². The largest absolute Gasteiger partial charge is 0.370 e. The monoisotopic (exact) mass is 352 g/mol. The molecule has 1 N–H and O–H groups in total. The summed E-state index contributed by atoms with van der Waals surface area (Å²) >= 11 is 0. The van der Waals surface area contributed by atoms with Crippen LogP contribution in [0.2, 0.25) is 0 Å². The Bertz CT molecular complexity index is 737. The summed E-state index contributed by atoms with van der Waals surface area (Å²) in [6.45, 7) is 8.95. The number of rotatable bonds is 5. The van der Waals surface area contributed by atoms with Crippen LogP contribution in [0.4, 0.5) is 5.82 Å². The van der Waals surface area contributed by atoms with Crippen LogP contribution in [-0.2, 0) is 0 Å². The molecule has 0 atom stereocenters. The number of hydrogen-bond donors (Lipinski definition) is 1. The maximum absolute atomic E-state index is 13.0. The van der Waals surface area contributed by atoms with E-state index in [0.717, 1.165) is 38.0 Å². The van der Waals surface area contributed by atoms with E-state index in [4.69, 9.17) is 0 Å². The summed E-state index contributed by atoms with van der Waals surface area (Å²) in [4.78, 5) is 24.1. The molecule has 1 aliphatic heterocycles. The smallest absolute Gasteiger partial charge is 0.272 e.